The second-order valence-electron chi connectivity index (χ2n) is 7.14. The number of unbranched alkanes of at least 4 members (excludes halogenated alkanes) is 1. The highest BCUT2D eigenvalue weighted by atomic mass is 28.3. The second kappa shape index (κ2) is 8.22. The monoisotopic (exact) mass is 334 g/mol. The fourth-order valence-corrected chi connectivity index (χ4v) is 7.83. The number of aldehydes is 1. The first-order valence-electron chi connectivity index (χ1n) is 8.71. The molecule has 1 heterocycles. The summed E-state index contributed by atoms with van der Waals surface area (Å²) in [6.07, 6.45) is 4.43. The third-order valence-corrected chi connectivity index (χ3v) is 9.52. The van der Waals surface area contributed by atoms with E-state index in [1.807, 2.05) is 6.07 Å². The van der Waals surface area contributed by atoms with Crippen LogP contribution < -0.4 is 5.19 Å². The zero-order valence-electron chi connectivity index (χ0n) is 14.8. The zero-order chi connectivity index (χ0) is 16.9. The van der Waals surface area contributed by atoms with E-state index < -0.39 is 8.07 Å². The van der Waals surface area contributed by atoms with Gasteiger partial charge in [-0.05, 0) is 12.0 Å². The minimum atomic E-state index is -1.85. The van der Waals surface area contributed by atoms with Crippen LogP contribution in [-0.4, -0.2) is 40.3 Å². The van der Waals surface area contributed by atoms with Gasteiger partial charge >= 0.3 is 0 Å². The van der Waals surface area contributed by atoms with E-state index in [2.05, 4.69) is 44.3 Å². The topological polar surface area (TPSA) is 35.5 Å². The highest BCUT2D eigenvalue weighted by Crippen LogP contribution is 2.44. The van der Waals surface area contributed by atoms with Crippen LogP contribution in [0.3, 0.4) is 0 Å². The van der Waals surface area contributed by atoms with Crippen molar-refractivity contribution in [1.29, 1.82) is 0 Å². The van der Waals surface area contributed by atoms with E-state index in [1.54, 1.807) is 7.11 Å². The summed E-state index contributed by atoms with van der Waals surface area (Å²) < 4.78 is 11.7. The molecule has 1 aliphatic heterocycles. The van der Waals surface area contributed by atoms with E-state index in [9.17, 15) is 4.79 Å². The van der Waals surface area contributed by atoms with Crippen molar-refractivity contribution in [3.05, 3.63) is 30.3 Å². The number of ether oxygens (including phenoxy) is 2. The van der Waals surface area contributed by atoms with Gasteiger partial charge in [0.05, 0.1) is 26.9 Å². The van der Waals surface area contributed by atoms with Crippen LogP contribution in [0, 0.1) is 5.92 Å². The average molecular weight is 335 g/mol. The van der Waals surface area contributed by atoms with Crippen LogP contribution in [0.15, 0.2) is 30.3 Å². The maximum Gasteiger partial charge on any atom is 0.125 e. The lowest BCUT2D eigenvalue weighted by atomic mass is 9.96. The Morgan fingerprint density at radius 1 is 1.22 bits per heavy atom. The summed E-state index contributed by atoms with van der Waals surface area (Å²) >= 11 is 0. The minimum Gasteiger partial charge on any atom is -0.382 e. The van der Waals surface area contributed by atoms with Crippen molar-refractivity contribution < 1.29 is 14.3 Å². The number of carbonyl (C=O) groups excluding carboxylic acids is 1. The molecular weight excluding hydrogens is 304 g/mol. The van der Waals surface area contributed by atoms with Crippen molar-refractivity contribution in [2.75, 3.05) is 13.7 Å². The number of benzene rings is 1. The standard InChI is InChI=1S/C19H30O3Si/c1-5-6-12-17-16(13-20)19(18(22-17)14-21-2)23(3,4)15-10-8-7-9-11-15/h7-11,13,16-19H,5-6,12,14H2,1-4H3/t16-,17+,18-,19+/m0/s1. The van der Waals surface area contributed by atoms with Crippen LogP contribution in [0.1, 0.15) is 26.2 Å². The van der Waals surface area contributed by atoms with Gasteiger partial charge in [0.2, 0.25) is 0 Å². The van der Waals surface area contributed by atoms with Crippen molar-refractivity contribution in [1.82, 2.24) is 0 Å². The molecule has 1 fully saturated rings. The van der Waals surface area contributed by atoms with Gasteiger partial charge in [-0.25, -0.2) is 0 Å². The van der Waals surface area contributed by atoms with Crippen molar-refractivity contribution in [2.24, 2.45) is 5.92 Å². The Labute approximate surface area is 141 Å². The molecule has 0 bridgehead atoms. The largest absolute Gasteiger partial charge is 0.382 e. The number of hydrogen-bond donors (Lipinski definition) is 0. The predicted octanol–water partition coefficient (Wildman–Crippen LogP) is 3.39. The summed E-state index contributed by atoms with van der Waals surface area (Å²) in [6.45, 7) is 7.47. The Balaban J connectivity index is 2.32. The summed E-state index contributed by atoms with van der Waals surface area (Å²) in [4.78, 5) is 11.9. The molecule has 3 nitrogen and oxygen atoms in total. The van der Waals surface area contributed by atoms with Crippen LogP contribution in [0.5, 0.6) is 0 Å². The zero-order valence-corrected chi connectivity index (χ0v) is 15.8. The molecule has 0 amide bonds. The second-order valence-corrected chi connectivity index (χ2v) is 11.8. The van der Waals surface area contributed by atoms with Gasteiger partial charge in [0.25, 0.3) is 0 Å². The van der Waals surface area contributed by atoms with Crippen LogP contribution in [0.2, 0.25) is 18.6 Å². The SMILES string of the molecule is CCCC[C@H]1O[C@@H](COC)[C@H]([Si](C)(C)c2ccccc2)[C@H]1C=O. The molecule has 2 rings (SSSR count). The smallest absolute Gasteiger partial charge is 0.125 e. The number of methoxy groups -OCH3 is 1. The van der Waals surface area contributed by atoms with Gasteiger partial charge in [0.15, 0.2) is 0 Å². The maximum absolute atomic E-state index is 11.9. The van der Waals surface area contributed by atoms with E-state index in [-0.39, 0.29) is 23.7 Å². The van der Waals surface area contributed by atoms with Crippen LogP contribution in [0.4, 0.5) is 0 Å². The molecule has 1 aliphatic rings. The first kappa shape index (κ1) is 18.4. The fourth-order valence-electron chi connectivity index (χ4n) is 4.03. The lowest BCUT2D eigenvalue weighted by Gasteiger charge is -2.35. The van der Waals surface area contributed by atoms with E-state index in [1.165, 1.54) is 5.19 Å². The van der Waals surface area contributed by atoms with Gasteiger partial charge in [-0.15, -0.1) is 0 Å². The van der Waals surface area contributed by atoms with E-state index in [0.717, 1.165) is 25.5 Å². The molecule has 0 spiro atoms. The van der Waals surface area contributed by atoms with Gasteiger partial charge in [0, 0.05) is 13.0 Å². The van der Waals surface area contributed by atoms with Gasteiger partial charge < -0.3 is 14.3 Å². The summed E-state index contributed by atoms with van der Waals surface area (Å²) in [7, 11) is -0.133. The summed E-state index contributed by atoms with van der Waals surface area (Å²) in [5.74, 6) is -0.0106. The van der Waals surface area contributed by atoms with Crippen molar-refractivity contribution in [2.45, 2.75) is 57.0 Å². The third-order valence-electron chi connectivity index (χ3n) is 5.28. The van der Waals surface area contributed by atoms with Crippen LogP contribution in [-0.2, 0) is 14.3 Å². The Bertz CT molecular complexity index is 489. The Morgan fingerprint density at radius 3 is 2.48 bits per heavy atom. The molecule has 0 radical (unpaired) electrons. The molecule has 0 saturated carbocycles. The normalized spacial score (nSPS) is 28.0. The highest BCUT2D eigenvalue weighted by molar-refractivity contribution is 6.91. The van der Waals surface area contributed by atoms with E-state index >= 15 is 0 Å². The van der Waals surface area contributed by atoms with Crippen molar-refractivity contribution in [3.8, 4) is 0 Å². The summed E-state index contributed by atoms with van der Waals surface area (Å²) in [5, 5.41) is 1.39. The van der Waals surface area contributed by atoms with Gasteiger partial charge in [0.1, 0.15) is 6.29 Å². The third kappa shape index (κ3) is 3.93. The predicted molar refractivity (Wildman–Crippen MR) is 96.9 cm³/mol. The minimum absolute atomic E-state index is 0.0106. The number of hydrogen-bond acceptors (Lipinski definition) is 3. The highest BCUT2D eigenvalue weighted by Gasteiger charge is 2.52. The molecule has 0 aromatic heterocycles. The van der Waals surface area contributed by atoms with Crippen molar-refractivity contribution >= 4 is 19.5 Å². The van der Waals surface area contributed by atoms with E-state index in [0.29, 0.717) is 6.61 Å². The van der Waals surface area contributed by atoms with Crippen LogP contribution in [0.25, 0.3) is 0 Å². The molecular formula is C19H30O3Si. The molecule has 1 saturated heterocycles. The fraction of sp³-hybridized carbons (Fsp3) is 0.632. The quantitative estimate of drug-likeness (QED) is 0.540. The average Bonchev–Trinajstić information content (AvgIpc) is 2.92. The molecule has 128 valence electrons. The Morgan fingerprint density at radius 2 is 1.91 bits per heavy atom. The Kier molecular flexibility index (Phi) is 6.57. The summed E-state index contributed by atoms with van der Waals surface area (Å²) in [6, 6.07) is 10.6. The van der Waals surface area contributed by atoms with Gasteiger partial charge in [-0.2, -0.15) is 0 Å². The lowest BCUT2D eigenvalue weighted by Crippen LogP contribution is -2.51. The summed E-state index contributed by atoms with van der Waals surface area (Å²) in [5.41, 5.74) is 0.268. The molecule has 0 N–H and O–H groups in total. The number of rotatable bonds is 8. The van der Waals surface area contributed by atoms with E-state index in [4.69, 9.17) is 9.47 Å². The molecule has 1 aromatic carbocycles. The lowest BCUT2D eigenvalue weighted by molar-refractivity contribution is -0.112. The van der Waals surface area contributed by atoms with Crippen molar-refractivity contribution in [3.63, 3.8) is 0 Å². The first-order chi connectivity index (χ1) is 11.1. The molecule has 1 aromatic rings. The number of carbonyl (C=O) groups is 1. The molecule has 0 aliphatic carbocycles. The van der Waals surface area contributed by atoms with Crippen LogP contribution >= 0.6 is 0 Å². The van der Waals surface area contributed by atoms with Gasteiger partial charge in [-0.3, -0.25) is 0 Å². The first-order valence-corrected chi connectivity index (χ1v) is 11.8. The molecule has 0 unspecified atom stereocenters. The molecule has 4 atom stereocenters. The molecule has 23 heavy (non-hydrogen) atoms. The Hall–Kier alpha value is -0.973. The van der Waals surface area contributed by atoms with Gasteiger partial charge in [-0.1, -0.05) is 68.4 Å². The maximum atomic E-state index is 11.9. The molecule has 4 heteroatoms.